The lowest BCUT2D eigenvalue weighted by molar-refractivity contribution is -0.161. The van der Waals surface area contributed by atoms with Crippen LogP contribution in [0.3, 0.4) is 0 Å². The van der Waals surface area contributed by atoms with Gasteiger partial charge in [-0.3, -0.25) is 23.2 Å². The lowest BCUT2D eigenvalue weighted by atomic mass is 10.0. The number of ether oxygens (including phenoxy) is 3. The molecule has 1 saturated heterocycles. The zero-order chi connectivity index (χ0) is 51.8. The third-order valence-electron chi connectivity index (χ3n) is 11.0. The van der Waals surface area contributed by atoms with Crippen LogP contribution in [0.25, 0.3) is 0 Å². The van der Waals surface area contributed by atoms with Crippen molar-refractivity contribution in [2.24, 2.45) is 5.92 Å². The maximum Gasteiger partial charge on any atom is 0.481 e. The van der Waals surface area contributed by atoms with E-state index in [1.54, 1.807) is 30.4 Å². The number of phosphoric acid groups is 2. The van der Waals surface area contributed by atoms with Crippen molar-refractivity contribution >= 4 is 33.4 Å². The molecule has 2 rings (SSSR count). The number of nitrogen functional groups attached to an aromatic ring is 1. The predicted octanol–water partition coefficient (Wildman–Crippen LogP) is 7.57. The number of allylic oxidation sites excluding steroid dienone is 5. The number of nitrogens with zero attached hydrogens (tertiary/aromatic N) is 2. The molecule has 0 radical (unpaired) electrons. The molecule has 2 unspecified atom stereocenters. The first-order valence-corrected chi connectivity index (χ1v) is 27.7. The minimum atomic E-state index is -5.48. The molecule has 22 heteroatoms. The number of anilines is 1. The monoisotopic (exact) mass is 1030 g/mol. The summed E-state index contributed by atoms with van der Waals surface area (Å²) in [6, 6.07) is 1.23. The van der Waals surface area contributed by atoms with E-state index in [9.17, 15) is 53.7 Å². The quantitative estimate of drug-likeness (QED) is 0.0110. The first-order valence-electron chi connectivity index (χ1n) is 24.7. The molecule has 0 saturated carbocycles. The first-order chi connectivity index (χ1) is 33.3. The SMILES string of the molecule is CCCCC/C=C\C[C@H](O)/C=C/C=C/C=C\[C@H](O)CCCC(=O)O[C@H](COC(=O)CCCCCCCCCCCCC(C)C)COP(=O)(O)OP(=O)(O)OC[C@H]1O[C@@H](n2ccc(N)nc2=O)[C@H](O)[C@@H]1O. The zero-order valence-electron chi connectivity index (χ0n) is 41.2. The number of phosphoric ester groups is 2. The molecular weight excluding hydrogens is 952 g/mol. The van der Waals surface area contributed by atoms with Crippen molar-refractivity contribution < 1.29 is 76.5 Å². The van der Waals surface area contributed by atoms with E-state index in [1.807, 2.05) is 6.08 Å². The van der Waals surface area contributed by atoms with Crippen LogP contribution in [0.2, 0.25) is 0 Å². The van der Waals surface area contributed by atoms with Gasteiger partial charge in [0, 0.05) is 19.0 Å². The van der Waals surface area contributed by atoms with E-state index in [0.717, 1.165) is 61.6 Å². The topological polar surface area (TPSA) is 306 Å². The van der Waals surface area contributed by atoms with Gasteiger partial charge in [-0.05, 0) is 50.5 Å². The Kier molecular flexibility index (Phi) is 32.0. The van der Waals surface area contributed by atoms with Crippen molar-refractivity contribution in [3.63, 3.8) is 0 Å². The molecule has 400 valence electrons. The number of esters is 2. The number of aliphatic hydroxyl groups excluding tert-OH is 4. The summed E-state index contributed by atoms with van der Waals surface area (Å²) in [4.78, 5) is 61.8. The highest BCUT2D eigenvalue weighted by Crippen LogP contribution is 2.60. The van der Waals surface area contributed by atoms with E-state index in [0.29, 0.717) is 12.8 Å². The number of hydrogen-bond donors (Lipinski definition) is 7. The third kappa shape index (κ3) is 29.2. The molecule has 8 N–H and O–H groups in total. The Bertz CT molecular complexity index is 1910. The molecule has 0 aromatic carbocycles. The molecule has 1 fully saturated rings. The molecule has 1 aromatic rings. The van der Waals surface area contributed by atoms with Gasteiger partial charge in [-0.1, -0.05) is 146 Å². The highest BCUT2D eigenvalue weighted by atomic mass is 31.3. The number of aliphatic hydroxyl groups is 4. The summed E-state index contributed by atoms with van der Waals surface area (Å²) in [5, 5.41) is 41.3. The van der Waals surface area contributed by atoms with Gasteiger partial charge in [-0.2, -0.15) is 9.29 Å². The Labute approximate surface area is 413 Å². The Morgan fingerprint density at radius 3 is 2.04 bits per heavy atom. The van der Waals surface area contributed by atoms with Crippen LogP contribution < -0.4 is 11.4 Å². The molecule has 0 amide bonds. The Morgan fingerprint density at radius 1 is 0.786 bits per heavy atom. The number of hydrogen-bond acceptors (Lipinski definition) is 17. The smallest absolute Gasteiger partial charge is 0.462 e. The Balaban J connectivity index is 1.89. The van der Waals surface area contributed by atoms with Gasteiger partial charge in [0.2, 0.25) is 0 Å². The van der Waals surface area contributed by atoms with Gasteiger partial charge in [0.25, 0.3) is 0 Å². The van der Waals surface area contributed by atoms with Gasteiger partial charge in [-0.25, -0.2) is 13.9 Å². The highest BCUT2D eigenvalue weighted by molar-refractivity contribution is 7.61. The minimum Gasteiger partial charge on any atom is -0.462 e. The molecule has 0 bridgehead atoms. The van der Waals surface area contributed by atoms with Gasteiger partial charge in [0.05, 0.1) is 25.4 Å². The molecule has 2 heterocycles. The second-order valence-corrected chi connectivity index (χ2v) is 20.9. The number of nitrogens with two attached hydrogens (primary N) is 1. The number of aromatic nitrogens is 2. The van der Waals surface area contributed by atoms with E-state index < -0.39 is 95.9 Å². The lowest BCUT2D eigenvalue weighted by Crippen LogP contribution is -2.36. The van der Waals surface area contributed by atoms with Gasteiger partial charge >= 0.3 is 33.3 Å². The van der Waals surface area contributed by atoms with Crippen LogP contribution in [-0.2, 0) is 46.3 Å². The molecule has 1 aliphatic rings. The fourth-order valence-corrected chi connectivity index (χ4v) is 9.21. The number of unbranched alkanes of at least 4 members (excludes halogenated alkanes) is 12. The highest BCUT2D eigenvalue weighted by Gasteiger charge is 2.46. The first kappa shape index (κ1) is 62.8. The van der Waals surface area contributed by atoms with E-state index in [2.05, 4.69) is 36.1 Å². The maximum absolute atomic E-state index is 12.9. The number of carbonyl (C=O) groups excluding carboxylic acids is 2. The summed E-state index contributed by atoms with van der Waals surface area (Å²) in [5.74, 6) is -0.815. The molecule has 20 nitrogen and oxygen atoms in total. The average molecular weight is 1030 g/mol. The van der Waals surface area contributed by atoms with Crippen molar-refractivity contribution in [1.82, 2.24) is 9.55 Å². The Hall–Kier alpha value is -3.36. The second kappa shape index (κ2) is 35.7. The molecule has 0 aliphatic carbocycles. The summed E-state index contributed by atoms with van der Waals surface area (Å²) >= 11 is 0. The summed E-state index contributed by atoms with van der Waals surface area (Å²) in [6.07, 6.45) is 22.7. The molecular formula is C48H81N3O17P2. The minimum absolute atomic E-state index is 0.0739. The van der Waals surface area contributed by atoms with Crippen molar-refractivity contribution in [2.75, 3.05) is 25.6 Å². The molecule has 70 heavy (non-hydrogen) atoms. The van der Waals surface area contributed by atoms with Gasteiger partial charge in [0.1, 0.15) is 30.7 Å². The normalized spacial score (nSPS) is 20.7. The van der Waals surface area contributed by atoms with E-state index >= 15 is 0 Å². The van der Waals surface area contributed by atoms with E-state index in [1.165, 1.54) is 57.1 Å². The fraction of sp³-hybridized carbons (Fsp3) is 0.708. The number of rotatable bonds is 39. The van der Waals surface area contributed by atoms with Crippen LogP contribution >= 0.6 is 15.6 Å². The largest absolute Gasteiger partial charge is 0.481 e. The maximum atomic E-state index is 12.9. The van der Waals surface area contributed by atoms with Crippen LogP contribution in [0.5, 0.6) is 0 Å². The predicted molar refractivity (Wildman–Crippen MR) is 264 cm³/mol. The van der Waals surface area contributed by atoms with Crippen molar-refractivity contribution in [2.45, 2.75) is 192 Å². The molecule has 0 spiro atoms. The number of carbonyl (C=O) groups is 2. The summed E-state index contributed by atoms with van der Waals surface area (Å²) in [6.45, 7) is 4.12. The van der Waals surface area contributed by atoms with Crippen LogP contribution in [-0.4, -0.2) is 108 Å². The standard InChI is InChI=1S/C48H81N3O17P2/c1-4-5-6-7-15-20-26-38(52)27-21-17-18-22-28-39(53)29-24-31-44(55)66-40(34-63-43(54)30-23-16-13-11-9-8-10-12-14-19-25-37(2)3)35-64-69(59,60)68-70(61,62)65-36-41-45(56)46(57)47(67-41)51-33-32-42(49)50-48(51)58/h15,17-18,20-22,27-28,32-33,37-41,45-47,52-53,56-57H,4-14,16,19,23-26,29-31,34-36H2,1-3H3,(H,59,60)(H,61,62)(H2,49,50,58)/b18-17+,20-15-,27-21+,28-22-/t38-,39-,40+,41+,45+,46+,47+/m0/s1. The van der Waals surface area contributed by atoms with Gasteiger partial charge in [-0.15, -0.1) is 0 Å². The lowest BCUT2D eigenvalue weighted by Gasteiger charge is -2.21. The van der Waals surface area contributed by atoms with Crippen LogP contribution in [0.1, 0.15) is 155 Å². The van der Waals surface area contributed by atoms with Crippen LogP contribution in [0.15, 0.2) is 65.7 Å². The molecule has 1 aromatic heterocycles. The Morgan fingerprint density at radius 2 is 1.40 bits per heavy atom. The molecule has 1 aliphatic heterocycles. The zero-order valence-corrected chi connectivity index (χ0v) is 43.0. The van der Waals surface area contributed by atoms with Crippen LogP contribution in [0.4, 0.5) is 5.82 Å². The van der Waals surface area contributed by atoms with Crippen molar-refractivity contribution in [3.8, 4) is 0 Å². The fourth-order valence-electron chi connectivity index (χ4n) is 7.10. The van der Waals surface area contributed by atoms with Crippen molar-refractivity contribution in [3.05, 3.63) is 71.4 Å². The second-order valence-electron chi connectivity index (χ2n) is 17.8. The van der Waals surface area contributed by atoms with E-state index in [-0.39, 0.29) is 31.5 Å². The summed E-state index contributed by atoms with van der Waals surface area (Å²) in [5.41, 5.74) is 4.56. The van der Waals surface area contributed by atoms with Gasteiger partial charge < -0.3 is 50.2 Å². The van der Waals surface area contributed by atoms with Crippen LogP contribution in [0, 0.1) is 5.92 Å². The summed E-state index contributed by atoms with van der Waals surface area (Å²) in [7, 11) is -11.0. The average Bonchev–Trinajstić information content (AvgIpc) is 3.57. The third-order valence-corrected chi connectivity index (χ3v) is 13.6. The molecule has 9 atom stereocenters. The van der Waals surface area contributed by atoms with Crippen molar-refractivity contribution in [1.29, 1.82) is 0 Å². The van der Waals surface area contributed by atoms with Gasteiger partial charge in [0.15, 0.2) is 12.3 Å². The van der Waals surface area contributed by atoms with E-state index in [4.69, 9.17) is 29.0 Å². The summed E-state index contributed by atoms with van der Waals surface area (Å²) < 4.78 is 56.5.